The van der Waals surface area contributed by atoms with Crippen molar-refractivity contribution < 1.29 is 4.74 Å². The van der Waals surface area contributed by atoms with Gasteiger partial charge in [0.15, 0.2) is 5.17 Å². The van der Waals surface area contributed by atoms with Gasteiger partial charge in [0.2, 0.25) is 0 Å². The van der Waals surface area contributed by atoms with Crippen LogP contribution in [0.1, 0.15) is 50.0 Å². The first kappa shape index (κ1) is 18.8. The molecule has 0 unspecified atom stereocenters. The predicted molar refractivity (Wildman–Crippen MR) is 120 cm³/mol. The van der Waals surface area contributed by atoms with Gasteiger partial charge < -0.3 is 14.5 Å². The molecule has 29 heavy (non-hydrogen) atoms. The highest BCUT2D eigenvalue weighted by atomic mass is 32.2. The van der Waals surface area contributed by atoms with E-state index in [2.05, 4.69) is 59.0 Å². The van der Waals surface area contributed by atoms with Gasteiger partial charge in [-0.3, -0.25) is 9.98 Å². The van der Waals surface area contributed by atoms with Gasteiger partial charge in [0.05, 0.1) is 18.3 Å². The molecule has 3 aliphatic heterocycles. The van der Waals surface area contributed by atoms with Gasteiger partial charge in [0, 0.05) is 48.4 Å². The molecule has 5 rings (SSSR count). The summed E-state index contributed by atoms with van der Waals surface area (Å²) in [6.07, 6.45) is 4.41. The third kappa shape index (κ3) is 3.48. The van der Waals surface area contributed by atoms with Crippen molar-refractivity contribution >= 4 is 22.6 Å². The summed E-state index contributed by atoms with van der Waals surface area (Å²) in [4.78, 5) is 14.7. The Balaban J connectivity index is 1.56. The molecule has 0 N–H and O–H groups in total. The lowest BCUT2D eigenvalue weighted by molar-refractivity contribution is 0.292. The first-order valence-corrected chi connectivity index (χ1v) is 11.6. The highest BCUT2D eigenvalue weighted by Crippen LogP contribution is 2.50. The molecule has 0 spiro atoms. The molecule has 2 fully saturated rings. The fraction of sp³-hybridized carbons (Fsp3) is 0.478. The van der Waals surface area contributed by atoms with Gasteiger partial charge in [0.1, 0.15) is 11.8 Å². The van der Waals surface area contributed by atoms with Crippen molar-refractivity contribution in [3.05, 3.63) is 53.9 Å². The highest BCUT2D eigenvalue weighted by molar-refractivity contribution is 8.14. The number of aromatic nitrogens is 1. The lowest BCUT2D eigenvalue weighted by Gasteiger charge is -2.29. The Morgan fingerprint density at radius 3 is 2.79 bits per heavy atom. The third-order valence-corrected chi connectivity index (χ3v) is 7.07. The molecule has 1 aromatic carbocycles. The normalized spacial score (nSPS) is 26.0. The van der Waals surface area contributed by atoms with Crippen molar-refractivity contribution in [3.8, 4) is 5.75 Å². The number of rotatable bonds is 5. The summed E-state index contributed by atoms with van der Waals surface area (Å²) in [5.41, 5.74) is 3.52. The average molecular weight is 409 g/mol. The maximum absolute atomic E-state index is 6.18. The Kier molecular flexibility index (Phi) is 5.12. The van der Waals surface area contributed by atoms with Crippen LogP contribution in [0, 0.1) is 0 Å². The van der Waals surface area contributed by atoms with Crippen molar-refractivity contribution in [2.24, 2.45) is 4.99 Å². The SMILES string of the molecule is CCOc1cc(N2CCCC2)ccc1[C@H]1[C@H](c2ccccn2)N=C2S[C@@H](C)CN21. The molecule has 3 aliphatic rings. The van der Waals surface area contributed by atoms with Gasteiger partial charge in [0.25, 0.3) is 0 Å². The van der Waals surface area contributed by atoms with Crippen molar-refractivity contribution in [2.45, 2.75) is 44.0 Å². The van der Waals surface area contributed by atoms with Crippen LogP contribution < -0.4 is 9.64 Å². The minimum atomic E-state index is 0.00282. The molecule has 0 saturated carbocycles. The summed E-state index contributed by atoms with van der Waals surface area (Å²) in [5.74, 6) is 0.990. The quantitative estimate of drug-likeness (QED) is 0.719. The fourth-order valence-corrected chi connectivity index (χ4v) is 5.77. The number of benzene rings is 1. The van der Waals surface area contributed by atoms with Gasteiger partial charge >= 0.3 is 0 Å². The zero-order chi connectivity index (χ0) is 19.8. The van der Waals surface area contributed by atoms with E-state index in [0.717, 1.165) is 36.2 Å². The van der Waals surface area contributed by atoms with Crippen LogP contribution in [0.4, 0.5) is 5.69 Å². The van der Waals surface area contributed by atoms with Crippen LogP contribution in [-0.4, -0.2) is 46.5 Å². The first-order chi connectivity index (χ1) is 14.2. The van der Waals surface area contributed by atoms with Crippen molar-refractivity contribution in [1.82, 2.24) is 9.88 Å². The smallest absolute Gasteiger partial charge is 0.160 e. The van der Waals surface area contributed by atoms with Crippen LogP contribution >= 0.6 is 11.8 Å². The van der Waals surface area contributed by atoms with Crippen LogP contribution in [0.3, 0.4) is 0 Å². The largest absolute Gasteiger partial charge is 0.493 e. The van der Waals surface area contributed by atoms with E-state index in [1.807, 2.05) is 24.0 Å². The van der Waals surface area contributed by atoms with Crippen molar-refractivity contribution in [3.63, 3.8) is 0 Å². The standard InChI is InChI=1S/C23H28N4OS/c1-3-28-20-14-17(26-12-6-7-13-26)9-10-18(20)22-21(19-8-4-5-11-24-19)25-23-27(22)15-16(2)29-23/h4-5,8-11,14,16,21-22H,3,6-7,12-13,15H2,1-2H3/t16-,21-,22-/m0/s1. The molecule has 4 heterocycles. The van der Waals surface area contributed by atoms with E-state index in [9.17, 15) is 0 Å². The summed E-state index contributed by atoms with van der Waals surface area (Å²) in [7, 11) is 0. The first-order valence-electron chi connectivity index (χ1n) is 10.7. The average Bonchev–Trinajstić information content (AvgIpc) is 3.45. The maximum atomic E-state index is 6.18. The van der Waals surface area contributed by atoms with Gasteiger partial charge in [-0.1, -0.05) is 30.8 Å². The molecule has 152 valence electrons. The molecule has 2 aromatic rings. The fourth-order valence-electron chi connectivity index (χ4n) is 4.67. The zero-order valence-electron chi connectivity index (χ0n) is 17.1. The molecule has 5 nitrogen and oxygen atoms in total. The number of nitrogens with zero attached hydrogens (tertiary/aromatic N) is 4. The van der Waals surface area contributed by atoms with Gasteiger partial charge in [-0.05, 0) is 38.0 Å². The molecule has 0 bridgehead atoms. The topological polar surface area (TPSA) is 41.0 Å². The molecule has 1 aromatic heterocycles. The Labute approximate surface area is 177 Å². The predicted octanol–water partition coefficient (Wildman–Crippen LogP) is 4.67. The molecule has 6 heteroatoms. The van der Waals surface area contributed by atoms with Crippen molar-refractivity contribution in [1.29, 1.82) is 0 Å². The highest BCUT2D eigenvalue weighted by Gasteiger charge is 2.44. The van der Waals surface area contributed by atoms with E-state index in [0.29, 0.717) is 11.9 Å². The molecule has 3 atom stereocenters. The molecule has 0 amide bonds. The second kappa shape index (κ2) is 7.90. The zero-order valence-corrected chi connectivity index (χ0v) is 17.9. The monoisotopic (exact) mass is 408 g/mol. The van der Waals surface area contributed by atoms with E-state index in [1.54, 1.807) is 0 Å². The van der Waals surface area contributed by atoms with Crippen LogP contribution in [0.25, 0.3) is 0 Å². The molecule has 0 radical (unpaired) electrons. The molecular formula is C23H28N4OS. The number of anilines is 1. The lowest BCUT2D eigenvalue weighted by atomic mass is 9.95. The Hall–Kier alpha value is -2.21. The van der Waals surface area contributed by atoms with Crippen LogP contribution in [0.2, 0.25) is 0 Å². The minimum absolute atomic E-state index is 0.00282. The van der Waals surface area contributed by atoms with Gasteiger partial charge in [-0.2, -0.15) is 0 Å². The van der Waals surface area contributed by atoms with Crippen LogP contribution in [0.5, 0.6) is 5.75 Å². The number of hydrogen-bond donors (Lipinski definition) is 0. The van der Waals surface area contributed by atoms with Gasteiger partial charge in [-0.25, -0.2) is 0 Å². The number of thioether (sulfide) groups is 1. The number of amidine groups is 1. The number of fused-ring (bicyclic) bond motifs is 1. The van der Waals surface area contributed by atoms with E-state index >= 15 is 0 Å². The van der Waals surface area contributed by atoms with Crippen LogP contribution in [0.15, 0.2) is 47.6 Å². The van der Waals surface area contributed by atoms with E-state index in [4.69, 9.17) is 9.73 Å². The summed E-state index contributed by atoms with van der Waals surface area (Å²) >= 11 is 1.87. The summed E-state index contributed by atoms with van der Waals surface area (Å²) in [6, 6.07) is 13.0. The minimum Gasteiger partial charge on any atom is -0.493 e. The number of hydrogen-bond acceptors (Lipinski definition) is 6. The van der Waals surface area contributed by atoms with Crippen molar-refractivity contribution in [2.75, 3.05) is 31.1 Å². The van der Waals surface area contributed by atoms with Gasteiger partial charge in [-0.15, -0.1) is 0 Å². The molecule has 0 aliphatic carbocycles. The Morgan fingerprint density at radius 2 is 2.03 bits per heavy atom. The maximum Gasteiger partial charge on any atom is 0.160 e. The summed E-state index contributed by atoms with van der Waals surface area (Å²) < 4.78 is 6.18. The lowest BCUT2D eigenvalue weighted by Crippen LogP contribution is -2.29. The van der Waals surface area contributed by atoms with Crippen LogP contribution in [-0.2, 0) is 0 Å². The number of ether oxygens (including phenoxy) is 1. The number of pyridine rings is 1. The third-order valence-electron chi connectivity index (χ3n) is 5.97. The summed E-state index contributed by atoms with van der Waals surface area (Å²) in [5, 5.41) is 1.70. The van der Waals surface area contributed by atoms with E-state index < -0.39 is 0 Å². The Bertz CT molecular complexity index is 897. The number of aliphatic imine (C=N–C) groups is 1. The summed E-state index contributed by atoms with van der Waals surface area (Å²) in [6.45, 7) is 8.29. The van der Waals surface area contributed by atoms with E-state index in [-0.39, 0.29) is 12.1 Å². The second-order valence-electron chi connectivity index (χ2n) is 7.99. The second-order valence-corrected chi connectivity index (χ2v) is 9.39. The molecule has 2 saturated heterocycles. The Morgan fingerprint density at radius 1 is 1.17 bits per heavy atom. The molecular weight excluding hydrogens is 380 g/mol. The van der Waals surface area contributed by atoms with E-state index in [1.165, 1.54) is 24.1 Å².